The second kappa shape index (κ2) is 6.49. The Morgan fingerprint density at radius 2 is 2.00 bits per heavy atom. The minimum Gasteiger partial charge on any atom is -0.506 e. The van der Waals surface area contributed by atoms with E-state index in [9.17, 15) is 14.3 Å². The number of amidine groups is 1. The lowest BCUT2D eigenvalue weighted by Crippen LogP contribution is -2.23. The number of hydrogen-bond donors (Lipinski definition) is 1. The van der Waals surface area contributed by atoms with Crippen LogP contribution in [0.25, 0.3) is 6.08 Å². The third-order valence-corrected chi connectivity index (χ3v) is 4.60. The standard InChI is InChI=1S/C18H15FN2O2S/c1-11-7-8-14(15(22)9-11)20-18-21(2)17(23)16(24-18)10-12-5-3-4-6-13(12)19/h3-10,22H,1-2H3/b16-10-,20-18?. The van der Waals surface area contributed by atoms with Crippen LogP contribution in [0.1, 0.15) is 11.1 Å². The second-order valence-electron chi connectivity index (χ2n) is 5.38. The number of amides is 1. The molecule has 6 heteroatoms. The zero-order chi connectivity index (χ0) is 17.3. The van der Waals surface area contributed by atoms with Crippen LogP contribution in [0.5, 0.6) is 5.75 Å². The van der Waals surface area contributed by atoms with Crippen molar-refractivity contribution in [2.45, 2.75) is 6.92 Å². The van der Waals surface area contributed by atoms with E-state index in [-0.39, 0.29) is 17.5 Å². The van der Waals surface area contributed by atoms with E-state index in [4.69, 9.17) is 0 Å². The summed E-state index contributed by atoms with van der Waals surface area (Å²) < 4.78 is 13.8. The summed E-state index contributed by atoms with van der Waals surface area (Å²) in [6, 6.07) is 11.4. The Bertz CT molecular complexity index is 877. The van der Waals surface area contributed by atoms with Gasteiger partial charge in [0.2, 0.25) is 0 Å². The Morgan fingerprint density at radius 1 is 1.25 bits per heavy atom. The maximum Gasteiger partial charge on any atom is 0.266 e. The molecule has 0 unspecified atom stereocenters. The summed E-state index contributed by atoms with van der Waals surface area (Å²) in [6.45, 7) is 1.87. The number of aryl methyl sites for hydroxylation is 1. The van der Waals surface area contributed by atoms with Crippen molar-refractivity contribution < 1.29 is 14.3 Å². The summed E-state index contributed by atoms with van der Waals surface area (Å²) >= 11 is 1.15. The first-order valence-electron chi connectivity index (χ1n) is 7.26. The van der Waals surface area contributed by atoms with Crippen LogP contribution >= 0.6 is 11.8 Å². The fraction of sp³-hybridized carbons (Fsp3) is 0.111. The first kappa shape index (κ1) is 16.3. The first-order valence-corrected chi connectivity index (χ1v) is 8.08. The Kier molecular flexibility index (Phi) is 4.40. The molecule has 0 bridgehead atoms. The van der Waals surface area contributed by atoms with E-state index in [1.807, 2.05) is 13.0 Å². The third-order valence-electron chi connectivity index (χ3n) is 3.54. The number of benzene rings is 2. The number of aliphatic imine (C=N–C) groups is 1. The largest absolute Gasteiger partial charge is 0.506 e. The van der Waals surface area contributed by atoms with Gasteiger partial charge in [0.05, 0.1) is 4.91 Å². The molecule has 122 valence electrons. The number of aromatic hydroxyl groups is 1. The molecule has 1 saturated heterocycles. The van der Waals surface area contributed by atoms with E-state index >= 15 is 0 Å². The smallest absolute Gasteiger partial charge is 0.266 e. The van der Waals surface area contributed by atoms with Crippen LogP contribution in [0.15, 0.2) is 52.4 Å². The predicted molar refractivity (Wildman–Crippen MR) is 94.7 cm³/mol. The Labute approximate surface area is 143 Å². The number of thioether (sulfide) groups is 1. The van der Waals surface area contributed by atoms with Crippen molar-refractivity contribution in [1.29, 1.82) is 0 Å². The van der Waals surface area contributed by atoms with E-state index < -0.39 is 0 Å². The van der Waals surface area contributed by atoms with Gasteiger partial charge in [-0.3, -0.25) is 9.69 Å². The van der Waals surface area contributed by atoms with Gasteiger partial charge < -0.3 is 5.11 Å². The van der Waals surface area contributed by atoms with Gasteiger partial charge in [0.1, 0.15) is 17.3 Å². The molecule has 4 nitrogen and oxygen atoms in total. The lowest BCUT2D eigenvalue weighted by molar-refractivity contribution is -0.121. The van der Waals surface area contributed by atoms with E-state index in [0.29, 0.717) is 21.3 Å². The van der Waals surface area contributed by atoms with E-state index in [0.717, 1.165) is 17.3 Å². The van der Waals surface area contributed by atoms with Crippen LogP contribution in [-0.4, -0.2) is 28.1 Å². The molecule has 24 heavy (non-hydrogen) atoms. The highest BCUT2D eigenvalue weighted by atomic mass is 32.2. The molecule has 0 radical (unpaired) electrons. The number of hydrogen-bond acceptors (Lipinski definition) is 4. The normalized spacial score (nSPS) is 18.0. The zero-order valence-corrected chi connectivity index (χ0v) is 14.0. The number of carbonyl (C=O) groups is 1. The van der Waals surface area contributed by atoms with Crippen molar-refractivity contribution >= 4 is 34.6 Å². The highest BCUT2D eigenvalue weighted by Gasteiger charge is 2.30. The highest BCUT2D eigenvalue weighted by Crippen LogP contribution is 2.35. The van der Waals surface area contributed by atoms with Crippen LogP contribution in [0, 0.1) is 12.7 Å². The Balaban J connectivity index is 1.94. The molecular formula is C18H15FN2O2S. The van der Waals surface area contributed by atoms with Crippen molar-refractivity contribution in [3.05, 3.63) is 64.3 Å². The van der Waals surface area contributed by atoms with Gasteiger partial charge in [-0.15, -0.1) is 0 Å². The SMILES string of the molecule is Cc1ccc(N=C2S/C(=C\c3ccccc3F)C(=O)N2C)c(O)c1. The summed E-state index contributed by atoms with van der Waals surface area (Å²) in [5.74, 6) is -0.591. The average molecular weight is 342 g/mol. The Hall–Kier alpha value is -2.60. The van der Waals surface area contributed by atoms with Gasteiger partial charge in [0.25, 0.3) is 5.91 Å². The van der Waals surface area contributed by atoms with Gasteiger partial charge in [-0.2, -0.15) is 0 Å². The molecule has 1 aliphatic rings. The number of phenols is 1. The van der Waals surface area contributed by atoms with E-state index in [2.05, 4.69) is 4.99 Å². The lowest BCUT2D eigenvalue weighted by atomic mass is 10.2. The molecule has 0 aromatic heterocycles. The predicted octanol–water partition coefficient (Wildman–Crippen LogP) is 4.07. The summed E-state index contributed by atoms with van der Waals surface area (Å²) in [6.07, 6.45) is 1.51. The highest BCUT2D eigenvalue weighted by molar-refractivity contribution is 8.18. The van der Waals surface area contributed by atoms with Crippen LogP contribution in [-0.2, 0) is 4.79 Å². The molecule has 0 saturated carbocycles. The van der Waals surface area contributed by atoms with Crippen LogP contribution in [0.2, 0.25) is 0 Å². The van der Waals surface area contributed by atoms with Gasteiger partial charge in [0, 0.05) is 12.6 Å². The summed E-state index contributed by atoms with van der Waals surface area (Å²) in [5.41, 5.74) is 1.65. The molecule has 1 fully saturated rings. The molecule has 2 aromatic carbocycles. The molecular weight excluding hydrogens is 327 g/mol. The molecule has 1 amide bonds. The molecule has 0 aliphatic carbocycles. The molecule has 1 heterocycles. The van der Waals surface area contributed by atoms with Crippen molar-refractivity contribution in [1.82, 2.24) is 4.90 Å². The van der Waals surface area contributed by atoms with Gasteiger partial charge in [-0.1, -0.05) is 24.3 Å². The first-order chi connectivity index (χ1) is 11.5. The summed E-state index contributed by atoms with van der Waals surface area (Å²) in [5, 5.41) is 10.4. The lowest BCUT2D eigenvalue weighted by Gasteiger charge is -2.08. The third kappa shape index (κ3) is 3.19. The molecule has 1 aliphatic heterocycles. The maximum absolute atomic E-state index is 13.8. The molecule has 2 aromatic rings. The van der Waals surface area contributed by atoms with Gasteiger partial charge in [0.15, 0.2) is 5.17 Å². The Morgan fingerprint density at radius 3 is 2.71 bits per heavy atom. The topological polar surface area (TPSA) is 52.9 Å². The van der Waals surface area contributed by atoms with Crippen LogP contribution in [0.3, 0.4) is 0 Å². The summed E-state index contributed by atoms with van der Waals surface area (Å²) in [7, 11) is 1.60. The number of phenolic OH excluding ortho intramolecular Hbond substituents is 1. The van der Waals surface area contributed by atoms with Crippen molar-refractivity contribution in [2.75, 3.05) is 7.05 Å². The second-order valence-corrected chi connectivity index (χ2v) is 6.39. The fourth-order valence-corrected chi connectivity index (χ4v) is 3.19. The van der Waals surface area contributed by atoms with Gasteiger partial charge in [-0.25, -0.2) is 9.38 Å². The summed E-state index contributed by atoms with van der Waals surface area (Å²) in [4.78, 5) is 18.4. The molecule has 1 N–H and O–H groups in total. The van der Waals surface area contributed by atoms with Gasteiger partial charge >= 0.3 is 0 Å². The number of nitrogens with zero attached hydrogens (tertiary/aromatic N) is 2. The minimum absolute atomic E-state index is 0.0514. The fourth-order valence-electron chi connectivity index (χ4n) is 2.22. The van der Waals surface area contributed by atoms with Crippen LogP contribution in [0.4, 0.5) is 10.1 Å². The van der Waals surface area contributed by atoms with E-state index in [1.54, 1.807) is 37.4 Å². The zero-order valence-electron chi connectivity index (χ0n) is 13.2. The number of rotatable bonds is 2. The monoisotopic (exact) mass is 342 g/mol. The van der Waals surface area contributed by atoms with Crippen molar-refractivity contribution in [3.63, 3.8) is 0 Å². The number of halogens is 1. The van der Waals surface area contributed by atoms with Crippen molar-refractivity contribution in [2.24, 2.45) is 4.99 Å². The minimum atomic E-state index is -0.386. The molecule has 0 spiro atoms. The number of carbonyl (C=O) groups excluding carboxylic acids is 1. The van der Waals surface area contributed by atoms with Crippen LogP contribution < -0.4 is 0 Å². The van der Waals surface area contributed by atoms with E-state index in [1.165, 1.54) is 17.0 Å². The maximum atomic E-state index is 13.8. The number of likely N-dealkylation sites (N-methyl/N-ethyl adjacent to an activating group) is 1. The van der Waals surface area contributed by atoms with Gasteiger partial charge in [-0.05, 0) is 48.5 Å². The average Bonchev–Trinajstić information content (AvgIpc) is 2.80. The molecule has 0 atom stereocenters. The quantitative estimate of drug-likeness (QED) is 0.837. The molecule has 3 rings (SSSR count). The van der Waals surface area contributed by atoms with Crippen molar-refractivity contribution in [3.8, 4) is 5.75 Å².